The molecule has 0 spiro atoms. The first-order valence-corrected chi connectivity index (χ1v) is 8.46. The first-order chi connectivity index (χ1) is 11.1. The van der Waals surface area contributed by atoms with Crippen LogP contribution in [0.15, 0.2) is 24.3 Å². The molecule has 126 valence electrons. The summed E-state index contributed by atoms with van der Waals surface area (Å²) in [6.45, 7) is 6.62. The van der Waals surface area contributed by atoms with Gasteiger partial charge in [-0.2, -0.15) is 0 Å². The molecule has 1 heterocycles. The number of amides is 2. The highest BCUT2D eigenvalue weighted by Crippen LogP contribution is 2.16. The molecule has 2 rings (SSSR count). The van der Waals surface area contributed by atoms with Crippen molar-refractivity contribution in [3.63, 3.8) is 0 Å². The fourth-order valence-corrected chi connectivity index (χ4v) is 3.02. The summed E-state index contributed by atoms with van der Waals surface area (Å²) in [6.07, 6.45) is 4.86. The number of carbonyl (C=O) groups is 2. The molecule has 0 radical (unpaired) electrons. The van der Waals surface area contributed by atoms with Crippen LogP contribution in [0, 0.1) is 0 Å². The van der Waals surface area contributed by atoms with Crippen LogP contribution in [-0.2, 0) is 4.79 Å². The zero-order valence-electron chi connectivity index (χ0n) is 14.1. The largest absolute Gasteiger partial charge is 0.352 e. The van der Waals surface area contributed by atoms with Crippen LogP contribution in [0.3, 0.4) is 0 Å². The third kappa shape index (κ3) is 5.67. The van der Waals surface area contributed by atoms with E-state index in [9.17, 15) is 9.59 Å². The molecule has 1 unspecified atom stereocenters. The van der Waals surface area contributed by atoms with Crippen LogP contribution in [0.4, 0.5) is 5.69 Å². The van der Waals surface area contributed by atoms with Crippen LogP contribution in [0.2, 0.25) is 0 Å². The third-order valence-electron chi connectivity index (χ3n) is 4.29. The van der Waals surface area contributed by atoms with Gasteiger partial charge in [-0.05, 0) is 50.9 Å². The fourth-order valence-electron chi connectivity index (χ4n) is 3.02. The summed E-state index contributed by atoms with van der Waals surface area (Å²) in [4.78, 5) is 25.7. The van der Waals surface area contributed by atoms with Crippen molar-refractivity contribution in [2.24, 2.45) is 0 Å². The number of anilines is 1. The van der Waals surface area contributed by atoms with E-state index in [0.29, 0.717) is 23.8 Å². The van der Waals surface area contributed by atoms with Crippen molar-refractivity contribution >= 4 is 17.5 Å². The normalized spacial score (nSPS) is 18.4. The van der Waals surface area contributed by atoms with Gasteiger partial charge in [-0.25, -0.2) is 0 Å². The molecule has 23 heavy (non-hydrogen) atoms. The average molecular weight is 317 g/mol. The van der Waals surface area contributed by atoms with Crippen molar-refractivity contribution < 1.29 is 9.59 Å². The van der Waals surface area contributed by atoms with E-state index in [1.807, 2.05) is 0 Å². The van der Waals surface area contributed by atoms with Crippen molar-refractivity contribution in [1.82, 2.24) is 10.2 Å². The molecule has 5 heteroatoms. The summed E-state index contributed by atoms with van der Waals surface area (Å²) < 4.78 is 0. The van der Waals surface area contributed by atoms with E-state index in [2.05, 4.69) is 22.5 Å². The number of likely N-dealkylation sites (tertiary alicyclic amines) is 1. The highest BCUT2D eigenvalue weighted by Gasteiger charge is 2.17. The first kappa shape index (κ1) is 17.5. The number of rotatable bonds is 6. The molecular weight excluding hydrogens is 290 g/mol. The van der Waals surface area contributed by atoms with E-state index in [1.165, 1.54) is 32.7 Å². The van der Waals surface area contributed by atoms with Crippen LogP contribution in [0.1, 0.15) is 49.9 Å². The predicted octanol–water partition coefficient (Wildman–Crippen LogP) is 2.64. The maximum atomic E-state index is 12.2. The van der Waals surface area contributed by atoms with Crippen LogP contribution in [0.25, 0.3) is 0 Å². The molecule has 5 nitrogen and oxygen atoms in total. The van der Waals surface area contributed by atoms with Gasteiger partial charge in [0.2, 0.25) is 5.91 Å². The molecule has 1 aliphatic rings. The highest BCUT2D eigenvalue weighted by molar-refractivity contribution is 5.96. The summed E-state index contributed by atoms with van der Waals surface area (Å²) in [6, 6.07) is 7.66. The lowest BCUT2D eigenvalue weighted by molar-refractivity contribution is -0.114. The van der Waals surface area contributed by atoms with Gasteiger partial charge >= 0.3 is 0 Å². The maximum absolute atomic E-state index is 12.2. The molecule has 1 saturated heterocycles. The number of nitrogens with zero attached hydrogens (tertiary/aromatic N) is 1. The predicted molar refractivity (Wildman–Crippen MR) is 92.6 cm³/mol. The van der Waals surface area contributed by atoms with Gasteiger partial charge in [0.05, 0.1) is 0 Å². The lowest BCUT2D eigenvalue weighted by atomic mass is 10.0. The van der Waals surface area contributed by atoms with Crippen LogP contribution < -0.4 is 10.6 Å². The van der Waals surface area contributed by atoms with Gasteiger partial charge in [0.25, 0.3) is 5.91 Å². The number of hydrogen-bond donors (Lipinski definition) is 2. The Labute approximate surface area is 138 Å². The van der Waals surface area contributed by atoms with E-state index in [1.54, 1.807) is 24.3 Å². The quantitative estimate of drug-likeness (QED) is 0.793. The Morgan fingerprint density at radius 2 is 2.13 bits per heavy atom. The van der Waals surface area contributed by atoms with Gasteiger partial charge in [0.15, 0.2) is 0 Å². The molecule has 1 aromatic rings. The number of piperidine rings is 1. The standard InChI is InChI=1S/C18H27N3O2/c1-14-7-3-4-11-21(14)12-6-10-19-18(23)16-8-5-9-17(13-16)20-15(2)22/h5,8-9,13-14H,3-4,6-7,10-12H2,1-2H3,(H,19,23)(H,20,22). The monoisotopic (exact) mass is 317 g/mol. The van der Waals surface area contributed by atoms with Crippen molar-refractivity contribution in [1.29, 1.82) is 0 Å². The molecule has 1 fully saturated rings. The van der Waals surface area contributed by atoms with Gasteiger partial charge in [-0.15, -0.1) is 0 Å². The molecule has 0 saturated carbocycles. The minimum atomic E-state index is -0.141. The van der Waals surface area contributed by atoms with E-state index in [-0.39, 0.29) is 11.8 Å². The van der Waals surface area contributed by atoms with Crippen molar-refractivity contribution in [2.45, 2.75) is 45.6 Å². The smallest absolute Gasteiger partial charge is 0.251 e. The Hall–Kier alpha value is -1.88. The number of hydrogen-bond acceptors (Lipinski definition) is 3. The molecule has 1 atom stereocenters. The number of benzene rings is 1. The van der Waals surface area contributed by atoms with Gasteiger partial charge in [0, 0.05) is 37.3 Å². The second kappa shape index (κ2) is 8.67. The third-order valence-corrected chi connectivity index (χ3v) is 4.29. The molecule has 0 aliphatic carbocycles. The van der Waals surface area contributed by atoms with Gasteiger partial charge in [-0.1, -0.05) is 12.5 Å². The zero-order valence-corrected chi connectivity index (χ0v) is 14.1. The van der Waals surface area contributed by atoms with E-state index < -0.39 is 0 Å². The topological polar surface area (TPSA) is 61.4 Å². The second-order valence-electron chi connectivity index (χ2n) is 6.25. The average Bonchev–Trinajstić information content (AvgIpc) is 2.52. The Morgan fingerprint density at radius 1 is 1.30 bits per heavy atom. The van der Waals surface area contributed by atoms with Crippen molar-refractivity contribution in [3.05, 3.63) is 29.8 Å². The van der Waals surface area contributed by atoms with Gasteiger partial charge in [0.1, 0.15) is 0 Å². The second-order valence-corrected chi connectivity index (χ2v) is 6.25. The molecule has 0 bridgehead atoms. The summed E-state index contributed by atoms with van der Waals surface area (Å²) in [7, 11) is 0. The van der Waals surface area contributed by atoms with E-state index in [0.717, 1.165) is 13.0 Å². The van der Waals surface area contributed by atoms with Gasteiger partial charge in [-0.3, -0.25) is 9.59 Å². The lowest BCUT2D eigenvalue weighted by Gasteiger charge is -2.33. The van der Waals surface area contributed by atoms with Crippen LogP contribution in [0.5, 0.6) is 0 Å². The van der Waals surface area contributed by atoms with E-state index in [4.69, 9.17) is 0 Å². The summed E-state index contributed by atoms with van der Waals surface area (Å²) in [5.41, 5.74) is 1.22. The fraction of sp³-hybridized carbons (Fsp3) is 0.556. The SMILES string of the molecule is CC(=O)Nc1cccc(C(=O)NCCCN2CCCCC2C)c1. The Bertz CT molecular complexity index is 545. The molecule has 2 N–H and O–H groups in total. The summed E-state index contributed by atoms with van der Waals surface area (Å²) >= 11 is 0. The molecule has 2 amide bonds. The molecule has 1 aromatic carbocycles. The molecule has 0 aromatic heterocycles. The molecular formula is C18H27N3O2. The van der Waals surface area contributed by atoms with E-state index >= 15 is 0 Å². The minimum Gasteiger partial charge on any atom is -0.352 e. The Morgan fingerprint density at radius 3 is 2.87 bits per heavy atom. The van der Waals surface area contributed by atoms with Gasteiger partial charge < -0.3 is 15.5 Å². The minimum absolute atomic E-state index is 0.0936. The Balaban J connectivity index is 1.75. The zero-order chi connectivity index (χ0) is 16.7. The summed E-state index contributed by atoms with van der Waals surface area (Å²) in [5, 5.41) is 5.65. The van der Waals surface area contributed by atoms with Crippen molar-refractivity contribution in [3.8, 4) is 0 Å². The van der Waals surface area contributed by atoms with Crippen molar-refractivity contribution in [2.75, 3.05) is 25.0 Å². The number of nitrogens with one attached hydrogen (secondary N) is 2. The first-order valence-electron chi connectivity index (χ1n) is 8.46. The Kier molecular flexibility index (Phi) is 6.59. The number of carbonyl (C=O) groups excluding carboxylic acids is 2. The molecule has 1 aliphatic heterocycles. The van der Waals surface area contributed by atoms with Crippen LogP contribution in [-0.4, -0.2) is 42.4 Å². The van der Waals surface area contributed by atoms with Crippen LogP contribution >= 0.6 is 0 Å². The lowest BCUT2D eigenvalue weighted by Crippen LogP contribution is -2.39. The summed E-state index contributed by atoms with van der Waals surface area (Å²) in [5.74, 6) is -0.234. The highest BCUT2D eigenvalue weighted by atomic mass is 16.2. The maximum Gasteiger partial charge on any atom is 0.251 e.